The molecule has 2 heteroatoms. The first-order valence-corrected chi connectivity index (χ1v) is 2.37. The summed E-state index contributed by atoms with van der Waals surface area (Å²) >= 11 is 0. The molecule has 1 amide bonds. The summed E-state index contributed by atoms with van der Waals surface area (Å²) in [5.74, 6) is 0.529. The fraction of sp³-hybridized carbons (Fsp3) is 0.800. The molecule has 0 heterocycles. The Morgan fingerprint density at radius 1 is 1.71 bits per heavy atom. The fourth-order valence-corrected chi connectivity index (χ4v) is 0.246. The molecule has 1 N–H and O–H groups in total. The van der Waals surface area contributed by atoms with E-state index in [1.165, 1.54) is 0 Å². The van der Waals surface area contributed by atoms with Crippen LogP contribution in [0.15, 0.2) is 0 Å². The van der Waals surface area contributed by atoms with E-state index < -0.39 is 0 Å². The minimum atomic E-state index is 0.529. The second-order valence-corrected chi connectivity index (χ2v) is 1.88. The molecule has 0 aromatic rings. The summed E-state index contributed by atoms with van der Waals surface area (Å²) in [7, 11) is 0. The number of amides is 1. The van der Waals surface area contributed by atoms with Gasteiger partial charge in [-0.3, -0.25) is 4.79 Å². The largest absolute Gasteiger partial charge is 0.348 e. The van der Waals surface area contributed by atoms with Crippen molar-refractivity contribution in [3.05, 3.63) is 0 Å². The van der Waals surface area contributed by atoms with Gasteiger partial charge >= 0.3 is 6.41 Å². The first-order valence-electron chi connectivity index (χ1n) is 2.37. The monoisotopic (exact) mass is 100 g/mol. The van der Waals surface area contributed by atoms with E-state index in [4.69, 9.17) is 0 Å². The van der Waals surface area contributed by atoms with Gasteiger partial charge in [0.1, 0.15) is 0 Å². The highest BCUT2D eigenvalue weighted by molar-refractivity contribution is 5.46. The van der Waals surface area contributed by atoms with Crippen molar-refractivity contribution in [1.29, 1.82) is 0 Å². The zero-order valence-electron chi connectivity index (χ0n) is 4.69. The Kier molecular flexibility index (Phi) is 3.38. The molecule has 0 unspecified atom stereocenters. The molecule has 2 nitrogen and oxygen atoms in total. The molecule has 0 saturated carbocycles. The van der Waals surface area contributed by atoms with Crippen molar-refractivity contribution in [1.82, 2.24) is 5.32 Å². The maximum atomic E-state index is 9.47. The minimum absolute atomic E-state index is 0.529. The smallest absolute Gasteiger partial charge is 0.309 e. The maximum absolute atomic E-state index is 9.47. The van der Waals surface area contributed by atoms with Gasteiger partial charge < -0.3 is 5.32 Å². The van der Waals surface area contributed by atoms with Crippen LogP contribution in [0.25, 0.3) is 0 Å². The maximum Gasteiger partial charge on any atom is 0.309 e. The molecular formula is C5H10NO. The third-order valence-corrected chi connectivity index (χ3v) is 0.582. The fourth-order valence-electron chi connectivity index (χ4n) is 0.246. The topological polar surface area (TPSA) is 29.1 Å². The summed E-state index contributed by atoms with van der Waals surface area (Å²) in [4.78, 5) is 9.47. The van der Waals surface area contributed by atoms with E-state index in [0.717, 1.165) is 6.54 Å². The zero-order chi connectivity index (χ0) is 5.70. The number of carbonyl (C=O) groups excluding carboxylic acids is 1. The van der Waals surface area contributed by atoms with Gasteiger partial charge in [-0.25, -0.2) is 0 Å². The molecule has 0 saturated heterocycles. The van der Waals surface area contributed by atoms with E-state index in [2.05, 4.69) is 5.32 Å². The summed E-state index contributed by atoms with van der Waals surface area (Å²) in [5.41, 5.74) is 0. The molecule has 0 atom stereocenters. The van der Waals surface area contributed by atoms with Gasteiger partial charge in [0.25, 0.3) is 0 Å². The molecule has 41 valence electrons. The lowest BCUT2D eigenvalue weighted by molar-refractivity contribution is 0.527. The Balaban J connectivity index is 2.81. The van der Waals surface area contributed by atoms with E-state index in [1.54, 1.807) is 6.41 Å². The molecule has 0 bridgehead atoms. The Morgan fingerprint density at radius 2 is 2.29 bits per heavy atom. The third-order valence-electron chi connectivity index (χ3n) is 0.582. The van der Waals surface area contributed by atoms with Crippen LogP contribution in [0, 0.1) is 5.92 Å². The molecule has 0 spiro atoms. The molecule has 0 fully saturated rings. The van der Waals surface area contributed by atoms with E-state index in [9.17, 15) is 4.79 Å². The summed E-state index contributed by atoms with van der Waals surface area (Å²) in [6, 6.07) is 0. The van der Waals surface area contributed by atoms with Crippen molar-refractivity contribution in [3.63, 3.8) is 0 Å². The highest BCUT2D eigenvalue weighted by Crippen LogP contribution is 1.84. The summed E-state index contributed by atoms with van der Waals surface area (Å²) in [6.45, 7) is 4.79. The number of hydrogen-bond donors (Lipinski definition) is 1. The van der Waals surface area contributed by atoms with Gasteiger partial charge in [0.05, 0.1) is 0 Å². The Bertz CT molecular complexity index is 52.0. The predicted molar refractivity (Wildman–Crippen MR) is 28.5 cm³/mol. The summed E-state index contributed by atoms with van der Waals surface area (Å²) in [5, 5.41) is 2.44. The van der Waals surface area contributed by atoms with Crippen LogP contribution < -0.4 is 5.32 Å². The molecule has 0 aromatic heterocycles. The van der Waals surface area contributed by atoms with Gasteiger partial charge in [-0.15, -0.1) is 0 Å². The van der Waals surface area contributed by atoms with E-state index >= 15 is 0 Å². The molecule has 1 radical (unpaired) electrons. The van der Waals surface area contributed by atoms with Gasteiger partial charge in [-0.2, -0.15) is 0 Å². The van der Waals surface area contributed by atoms with Crippen molar-refractivity contribution in [3.8, 4) is 0 Å². The minimum Gasteiger partial charge on any atom is -0.348 e. The Labute approximate surface area is 43.9 Å². The second-order valence-electron chi connectivity index (χ2n) is 1.88. The predicted octanol–water partition coefficient (Wildman–Crippen LogP) is 0.299. The van der Waals surface area contributed by atoms with Crippen LogP contribution in [0.4, 0.5) is 0 Å². The second kappa shape index (κ2) is 3.65. The lowest BCUT2D eigenvalue weighted by atomic mass is 10.2. The van der Waals surface area contributed by atoms with Crippen LogP contribution in [0.3, 0.4) is 0 Å². The quantitative estimate of drug-likeness (QED) is 0.508. The third kappa shape index (κ3) is 5.47. The van der Waals surface area contributed by atoms with Crippen molar-refractivity contribution in [2.75, 3.05) is 6.54 Å². The molecule has 0 aliphatic carbocycles. The van der Waals surface area contributed by atoms with Crippen molar-refractivity contribution >= 4 is 6.41 Å². The lowest BCUT2D eigenvalue weighted by Crippen LogP contribution is -2.16. The van der Waals surface area contributed by atoms with Crippen LogP contribution in [0.1, 0.15) is 13.8 Å². The molecule has 7 heavy (non-hydrogen) atoms. The highest BCUT2D eigenvalue weighted by Gasteiger charge is 1.87. The van der Waals surface area contributed by atoms with Crippen molar-refractivity contribution < 1.29 is 4.79 Å². The van der Waals surface area contributed by atoms with E-state index in [-0.39, 0.29) is 0 Å². The van der Waals surface area contributed by atoms with Crippen molar-refractivity contribution in [2.24, 2.45) is 5.92 Å². The molecule has 0 aliphatic rings. The average molecular weight is 100 g/mol. The Morgan fingerprint density at radius 3 is 2.43 bits per heavy atom. The van der Waals surface area contributed by atoms with Crippen LogP contribution in [-0.2, 0) is 4.79 Å². The van der Waals surface area contributed by atoms with Gasteiger partial charge in [0.2, 0.25) is 0 Å². The van der Waals surface area contributed by atoms with Crippen molar-refractivity contribution in [2.45, 2.75) is 13.8 Å². The van der Waals surface area contributed by atoms with Crippen LogP contribution >= 0.6 is 0 Å². The zero-order valence-corrected chi connectivity index (χ0v) is 4.69. The highest BCUT2D eigenvalue weighted by atomic mass is 16.1. The number of hydrogen-bond acceptors (Lipinski definition) is 1. The normalized spacial score (nSPS) is 9.00. The van der Waals surface area contributed by atoms with Crippen LogP contribution in [0.2, 0.25) is 0 Å². The molecule has 0 rings (SSSR count). The number of nitrogens with one attached hydrogen (secondary N) is 1. The Hall–Kier alpha value is -0.530. The number of rotatable bonds is 3. The molecule has 0 aromatic carbocycles. The van der Waals surface area contributed by atoms with Gasteiger partial charge in [0, 0.05) is 6.54 Å². The average Bonchev–Trinajstić information content (AvgIpc) is 1.61. The molecule has 0 aliphatic heterocycles. The van der Waals surface area contributed by atoms with Gasteiger partial charge in [0.15, 0.2) is 0 Å². The van der Waals surface area contributed by atoms with Gasteiger partial charge in [-0.1, -0.05) is 13.8 Å². The lowest BCUT2D eigenvalue weighted by Gasteiger charge is -1.98. The SMILES string of the molecule is CC(C)CN[C]=O. The standard InChI is InChI=1S/C5H10NO/c1-5(2)3-6-4-7/h5H,3H2,1-2H3,(H,6,7). The van der Waals surface area contributed by atoms with E-state index in [1.807, 2.05) is 13.8 Å². The van der Waals surface area contributed by atoms with Crippen LogP contribution in [0.5, 0.6) is 0 Å². The summed E-state index contributed by atoms with van der Waals surface area (Å²) < 4.78 is 0. The first-order chi connectivity index (χ1) is 3.27. The van der Waals surface area contributed by atoms with Gasteiger partial charge in [-0.05, 0) is 5.92 Å². The summed E-state index contributed by atoms with van der Waals surface area (Å²) in [6.07, 6.45) is 1.60. The molecular weight excluding hydrogens is 90.1 g/mol. The van der Waals surface area contributed by atoms with E-state index in [0.29, 0.717) is 5.92 Å². The first kappa shape index (κ1) is 6.47. The van der Waals surface area contributed by atoms with Crippen LogP contribution in [-0.4, -0.2) is 13.0 Å².